The summed E-state index contributed by atoms with van der Waals surface area (Å²) in [4.78, 5) is 18.7. The van der Waals surface area contributed by atoms with E-state index in [2.05, 4.69) is 20.5 Å². The fraction of sp³-hybridized carbons (Fsp3) is 0.409. The minimum absolute atomic E-state index is 0.116. The monoisotopic (exact) mass is 483 g/mol. The zero-order valence-electron chi connectivity index (χ0n) is 18.5. The first kappa shape index (κ1) is 22.4. The molecule has 3 aliphatic rings. The van der Waals surface area contributed by atoms with Crippen LogP contribution in [0.25, 0.3) is 5.69 Å². The highest BCUT2D eigenvalue weighted by Gasteiger charge is 2.38. The van der Waals surface area contributed by atoms with Gasteiger partial charge in [0, 0.05) is 32.4 Å². The van der Waals surface area contributed by atoms with E-state index in [1.165, 1.54) is 15.3 Å². The van der Waals surface area contributed by atoms with E-state index in [0.29, 0.717) is 31.0 Å². The first-order valence-corrected chi connectivity index (χ1v) is 12.7. The lowest BCUT2D eigenvalue weighted by atomic mass is 9.97. The number of tetrazole rings is 1. The zero-order valence-corrected chi connectivity index (χ0v) is 19.3. The summed E-state index contributed by atoms with van der Waals surface area (Å²) in [6.45, 7) is 1.08. The topological polar surface area (TPSA) is 123 Å². The third kappa shape index (κ3) is 4.50. The predicted octanol–water partition coefficient (Wildman–Crippen LogP) is 0.962. The number of carbonyl (C=O) groups is 1. The number of allylic oxidation sites excluding steroid dienone is 3. The maximum absolute atomic E-state index is 13.3. The second-order valence-electron chi connectivity index (χ2n) is 8.25. The van der Waals surface area contributed by atoms with Crippen molar-refractivity contribution < 1.29 is 17.9 Å². The van der Waals surface area contributed by atoms with Crippen LogP contribution in [0.3, 0.4) is 0 Å². The molecule has 1 amide bonds. The Balaban J connectivity index is 1.14. The van der Waals surface area contributed by atoms with Crippen molar-refractivity contribution in [2.24, 2.45) is 4.99 Å². The molecule has 1 atom stereocenters. The molecule has 178 valence electrons. The minimum atomic E-state index is -3.56. The molecule has 1 aliphatic carbocycles. The lowest BCUT2D eigenvalue weighted by Crippen LogP contribution is -2.53. The van der Waals surface area contributed by atoms with Gasteiger partial charge in [-0.25, -0.2) is 13.1 Å². The number of nitrogens with zero attached hydrogens (tertiary/aromatic N) is 7. The molecule has 1 saturated heterocycles. The first-order chi connectivity index (χ1) is 16.5. The van der Waals surface area contributed by atoms with Gasteiger partial charge < -0.3 is 9.64 Å². The van der Waals surface area contributed by atoms with Crippen molar-refractivity contribution in [3.05, 3.63) is 54.0 Å². The van der Waals surface area contributed by atoms with E-state index in [0.717, 1.165) is 24.1 Å². The summed E-state index contributed by atoms with van der Waals surface area (Å²) in [5.41, 5.74) is 2.46. The number of amides is 1. The lowest BCUT2D eigenvalue weighted by Gasteiger charge is -2.36. The van der Waals surface area contributed by atoms with E-state index in [1.807, 2.05) is 12.2 Å². The van der Waals surface area contributed by atoms with E-state index in [-0.39, 0.29) is 25.6 Å². The van der Waals surface area contributed by atoms with Crippen molar-refractivity contribution in [2.75, 3.05) is 32.8 Å². The van der Waals surface area contributed by atoms with Gasteiger partial charge in [0.15, 0.2) is 6.61 Å². The Hall–Kier alpha value is -3.38. The molecular weight excluding hydrogens is 458 g/mol. The number of sulfonamides is 1. The van der Waals surface area contributed by atoms with Crippen LogP contribution in [0.5, 0.6) is 5.75 Å². The Morgan fingerprint density at radius 1 is 1.12 bits per heavy atom. The molecule has 2 aliphatic heterocycles. The van der Waals surface area contributed by atoms with Crippen LogP contribution >= 0.6 is 0 Å². The maximum Gasteiger partial charge on any atom is 0.260 e. The van der Waals surface area contributed by atoms with Crippen LogP contribution in [0.15, 0.2) is 59.0 Å². The molecule has 12 heteroatoms. The maximum atomic E-state index is 13.3. The smallest absolute Gasteiger partial charge is 0.260 e. The molecule has 34 heavy (non-hydrogen) atoms. The molecule has 1 unspecified atom stereocenters. The standard InChI is InChI=1S/C22H25N7O4S/c30-21(15-33-19-8-6-18(7-9-19)29-16-24-25-26-29)27-11-13-28(14-12-27)34(31,32)20-5-1-3-17-4-2-10-23-22(17)20/h1,3,6-10,16,20H,2,4-5,11-15H2. The average molecular weight is 484 g/mol. The summed E-state index contributed by atoms with van der Waals surface area (Å²) in [5, 5.41) is 10.4. The van der Waals surface area contributed by atoms with Gasteiger partial charge in [-0.15, -0.1) is 5.10 Å². The van der Waals surface area contributed by atoms with Crippen molar-refractivity contribution in [3.8, 4) is 11.4 Å². The first-order valence-electron chi connectivity index (χ1n) is 11.2. The molecule has 0 radical (unpaired) electrons. The Morgan fingerprint density at radius 3 is 2.65 bits per heavy atom. The van der Waals surface area contributed by atoms with Crippen LogP contribution in [-0.4, -0.2) is 88.0 Å². The van der Waals surface area contributed by atoms with Crippen molar-refractivity contribution in [2.45, 2.75) is 24.5 Å². The van der Waals surface area contributed by atoms with Crippen molar-refractivity contribution in [3.63, 3.8) is 0 Å². The number of aromatic nitrogens is 4. The minimum Gasteiger partial charge on any atom is -0.484 e. The van der Waals surface area contributed by atoms with Gasteiger partial charge in [0.2, 0.25) is 10.0 Å². The Bertz CT molecular complexity index is 1230. The molecule has 1 aromatic heterocycles. The van der Waals surface area contributed by atoms with Crippen LogP contribution in [0.4, 0.5) is 0 Å². The summed E-state index contributed by atoms with van der Waals surface area (Å²) < 4.78 is 35.3. The normalized spacial score (nSPS) is 20.9. The molecule has 1 aromatic carbocycles. The van der Waals surface area contributed by atoms with E-state index in [1.54, 1.807) is 35.4 Å². The SMILES string of the molecule is O=C(COc1ccc(-n2cnnn2)cc1)N1CCN(S(=O)(=O)C2CC=CC3=C2N=CCC3)CC1. The highest BCUT2D eigenvalue weighted by Crippen LogP contribution is 2.32. The van der Waals surface area contributed by atoms with Gasteiger partial charge in [-0.1, -0.05) is 12.2 Å². The number of benzene rings is 1. The summed E-state index contributed by atoms with van der Waals surface area (Å²) in [7, 11) is -3.56. The summed E-state index contributed by atoms with van der Waals surface area (Å²) in [5.74, 6) is 0.373. The van der Waals surface area contributed by atoms with Gasteiger partial charge >= 0.3 is 0 Å². The molecule has 0 saturated carbocycles. The molecule has 0 N–H and O–H groups in total. The number of hydrogen-bond donors (Lipinski definition) is 0. The Morgan fingerprint density at radius 2 is 1.91 bits per heavy atom. The predicted molar refractivity (Wildman–Crippen MR) is 124 cm³/mol. The number of hydrogen-bond acceptors (Lipinski definition) is 8. The van der Waals surface area contributed by atoms with E-state index in [9.17, 15) is 13.2 Å². The van der Waals surface area contributed by atoms with Gasteiger partial charge in [-0.3, -0.25) is 9.79 Å². The van der Waals surface area contributed by atoms with Crippen molar-refractivity contribution >= 4 is 22.1 Å². The second-order valence-corrected chi connectivity index (χ2v) is 10.4. The lowest BCUT2D eigenvalue weighted by molar-refractivity contribution is -0.134. The molecule has 0 bridgehead atoms. The highest BCUT2D eigenvalue weighted by atomic mass is 32.2. The van der Waals surface area contributed by atoms with Crippen molar-refractivity contribution in [1.29, 1.82) is 0 Å². The fourth-order valence-electron chi connectivity index (χ4n) is 4.34. The molecule has 1 fully saturated rings. The summed E-state index contributed by atoms with van der Waals surface area (Å²) in [6.07, 6.45) is 9.30. The number of carbonyl (C=O) groups excluding carboxylic acids is 1. The summed E-state index contributed by atoms with van der Waals surface area (Å²) in [6, 6.07) is 7.06. The number of rotatable bonds is 6. The highest BCUT2D eigenvalue weighted by molar-refractivity contribution is 7.90. The molecule has 3 heterocycles. The van der Waals surface area contributed by atoms with Gasteiger partial charge in [0.05, 0.1) is 11.4 Å². The van der Waals surface area contributed by atoms with E-state index < -0.39 is 15.3 Å². The quantitative estimate of drug-likeness (QED) is 0.600. The molecular formula is C22H25N7O4S. The van der Waals surface area contributed by atoms with Crippen molar-refractivity contribution in [1.82, 2.24) is 29.4 Å². The Labute approximate surface area is 197 Å². The van der Waals surface area contributed by atoms with Gasteiger partial charge in [-0.05, 0) is 59.5 Å². The van der Waals surface area contributed by atoms with Crippen LogP contribution in [-0.2, 0) is 14.8 Å². The van der Waals surface area contributed by atoms with Gasteiger partial charge in [0.25, 0.3) is 5.91 Å². The number of aliphatic imine (C=N–C) groups is 1. The van der Waals surface area contributed by atoms with Crippen LogP contribution in [0, 0.1) is 0 Å². The van der Waals surface area contributed by atoms with E-state index in [4.69, 9.17) is 4.74 Å². The van der Waals surface area contributed by atoms with Gasteiger partial charge in [-0.2, -0.15) is 4.31 Å². The number of piperazine rings is 1. The van der Waals surface area contributed by atoms with E-state index >= 15 is 0 Å². The molecule has 0 spiro atoms. The Kier molecular flexibility index (Phi) is 6.24. The third-order valence-electron chi connectivity index (χ3n) is 6.20. The molecule has 5 rings (SSSR count). The average Bonchev–Trinajstić information content (AvgIpc) is 3.42. The van der Waals surface area contributed by atoms with Crippen LogP contribution < -0.4 is 4.74 Å². The fourth-order valence-corrected chi connectivity index (χ4v) is 6.22. The largest absolute Gasteiger partial charge is 0.484 e. The zero-order chi connectivity index (χ0) is 23.5. The van der Waals surface area contributed by atoms with Gasteiger partial charge in [0.1, 0.15) is 17.3 Å². The van der Waals surface area contributed by atoms with Crippen LogP contribution in [0.1, 0.15) is 19.3 Å². The molecule has 11 nitrogen and oxygen atoms in total. The molecule has 2 aromatic rings. The summed E-state index contributed by atoms with van der Waals surface area (Å²) >= 11 is 0. The van der Waals surface area contributed by atoms with Crippen LogP contribution in [0.2, 0.25) is 0 Å². The number of ether oxygens (including phenoxy) is 1. The third-order valence-corrected chi connectivity index (χ3v) is 8.42. The second kappa shape index (κ2) is 9.47.